The van der Waals surface area contributed by atoms with E-state index in [1.807, 2.05) is 25.9 Å². The number of likely N-dealkylation sites (N-methyl/N-ethyl adjacent to an activating group) is 1. The molecule has 0 atom stereocenters. The van der Waals surface area contributed by atoms with E-state index >= 15 is 0 Å². The highest BCUT2D eigenvalue weighted by Crippen LogP contribution is 1.91. The molecule has 0 spiro atoms. The zero-order valence-corrected chi connectivity index (χ0v) is 13.6. The van der Waals surface area contributed by atoms with Crippen molar-refractivity contribution in [1.29, 1.82) is 0 Å². The molecule has 0 aliphatic carbocycles. The number of aliphatic carboxylic acids is 1. The third-order valence-corrected chi connectivity index (χ3v) is 2.25. The number of hydrogen-bond acceptors (Lipinski definition) is 5. The minimum atomic E-state index is -0.976. The summed E-state index contributed by atoms with van der Waals surface area (Å²) < 4.78 is 4.83. The van der Waals surface area contributed by atoms with Crippen molar-refractivity contribution in [1.82, 2.24) is 10.2 Å². The molecule has 0 aliphatic rings. The highest BCUT2D eigenvalue weighted by Gasteiger charge is 2.01. The van der Waals surface area contributed by atoms with Crippen molar-refractivity contribution in [3.8, 4) is 0 Å². The summed E-state index contributed by atoms with van der Waals surface area (Å²) in [5.41, 5.74) is 0.525. The lowest BCUT2D eigenvalue weighted by molar-refractivity contribution is -0.139. The summed E-state index contributed by atoms with van der Waals surface area (Å²) in [4.78, 5) is 22.9. The van der Waals surface area contributed by atoms with Crippen LogP contribution in [0.15, 0.2) is 24.4 Å². The van der Waals surface area contributed by atoms with Crippen molar-refractivity contribution in [2.24, 2.45) is 0 Å². The number of carboxylic acids is 1. The van der Waals surface area contributed by atoms with Gasteiger partial charge in [-0.3, -0.25) is 0 Å². The minimum absolute atomic E-state index is 0.0773. The molecule has 122 valence electrons. The summed E-state index contributed by atoms with van der Waals surface area (Å²) in [5, 5.41) is 11.0. The van der Waals surface area contributed by atoms with Gasteiger partial charge in [0.15, 0.2) is 0 Å². The van der Waals surface area contributed by atoms with Crippen LogP contribution in [-0.4, -0.2) is 55.7 Å². The molecule has 0 aromatic carbocycles. The topological polar surface area (TPSA) is 78.9 Å². The third-order valence-electron chi connectivity index (χ3n) is 2.25. The molecule has 6 nitrogen and oxygen atoms in total. The van der Waals surface area contributed by atoms with Crippen LogP contribution in [0.1, 0.15) is 26.7 Å². The van der Waals surface area contributed by atoms with Gasteiger partial charge in [0.2, 0.25) is 0 Å². The fourth-order valence-corrected chi connectivity index (χ4v) is 0.936. The molecule has 0 aromatic rings. The summed E-state index contributed by atoms with van der Waals surface area (Å²) in [6.45, 7) is 12.3. The predicted molar refractivity (Wildman–Crippen MR) is 84.0 cm³/mol. The van der Waals surface area contributed by atoms with Crippen LogP contribution in [0, 0.1) is 0 Å². The molecule has 21 heavy (non-hydrogen) atoms. The molecule has 0 saturated carbocycles. The summed E-state index contributed by atoms with van der Waals surface area (Å²) >= 11 is 0. The van der Waals surface area contributed by atoms with Crippen molar-refractivity contribution in [2.45, 2.75) is 26.7 Å². The Morgan fingerprint density at radius 1 is 1.29 bits per heavy atom. The summed E-state index contributed by atoms with van der Waals surface area (Å²) in [6.07, 6.45) is 2.03. The van der Waals surface area contributed by atoms with E-state index in [2.05, 4.69) is 18.5 Å². The maximum atomic E-state index is 10.8. The maximum absolute atomic E-state index is 10.8. The molecule has 6 heteroatoms. The fourth-order valence-electron chi connectivity index (χ4n) is 0.936. The molecule has 0 saturated heterocycles. The molecule has 0 aromatic heterocycles. The van der Waals surface area contributed by atoms with Gasteiger partial charge in [-0.25, -0.2) is 9.59 Å². The number of unbranched alkanes of at least 4 members (excludes halogenated alkanes) is 1. The van der Waals surface area contributed by atoms with Crippen molar-refractivity contribution in [2.75, 3.05) is 33.8 Å². The number of carboxylic acid groups (broad SMARTS) is 1. The van der Waals surface area contributed by atoms with E-state index < -0.39 is 5.97 Å². The molecule has 0 unspecified atom stereocenters. The van der Waals surface area contributed by atoms with Gasteiger partial charge in [-0.15, -0.1) is 0 Å². The van der Waals surface area contributed by atoms with E-state index in [0.717, 1.165) is 19.4 Å². The number of rotatable bonds is 9. The van der Waals surface area contributed by atoms with Crippen LogP contribution in [0.5, 0.6) is 0 Å². The van der Waals surface area contributed by atoms with Gasteiger partial charge in [0.05, 0.1) is 0 Å². The van der Waals surface area contributed by atoms with E-state index in [1.165, 1.54) is 0 Å². The van der Waals surface area contributed by atoms with E-state index in [0.29, 0.717) is 18.7 Å². The molecule has 0 aliphatic heterocycles. The molecule has 0 bridgehead atoms. The van der Waals surface area contributed by atoms with Crippen LogP contribution in [0.2, 0.25) is 0 Å². The lowest BCUT2D eigenvalue weighted by atomic mass is 10.3. The highest BCUT2D eigenvalue weighted by molar-refractivity contribution is 5.86. The lowest BCUT2D eigenvalue weighted by Crippen LogP contribution is -2.20. The number of ether oxygens (including phenoxy) is 1. The second-order valence-corrected chi connectivity index (χ2v) is 4.78. The first-order chi connectivity index (χ1) is 9.72. The van der Waals surface area contributed by atoms with Crippen molar-refractivity contribution in [3.05, 3.63) is 24.4 Å². The Labute approximate surface area is 127 Å². The number of carbonyl (C=O) groups excluding carboxylic acids is 1. The van der Waals surface area contributed by atoms with Crippen molar-refractivity contribution >= 4 is 11.9 Å². The summed E-state index contributed by atoms with van der Waals surface area (Å²) in [7, 11) is 3.85. The second kappa shape index (κ2) is 13.2. The van der Waals surface area contributed by atoms with E-state index in [1.54, 1.807) is 6.92 Å². The summed E-state index contributed by atoms with van der Waals surface area (Å²) in [5.74, 6) is -1.29. The van der Waals surface area contributed by atoms with E-state index in [9.17, 15) is 9.59 Å². The first-order valence-corrected chi connectivity index (χ1v) is 6.85. The number of nitrogens with zero attached hydrogens (tertiary/aromatic N) is 1. The molecule has 2 N–H and O–H groups in total. The highest BCUT2D eigenvalue weighted by atomic mass is 16.5. The van der Waals surface area contributed by atoms with Crippen LogP contribution >= 0.6 is 0 Å². The van der Waals surface area contributed by atoms with Crippen LogP contribution in [0.25, 0.3) is 0 Å². The van der Waals surface area contributed by atoms with Crippen LogP contribution in [0.3, 0.4) is 0 Å². The second-order valence-electron chi connectivity index (χ2n) is 4.78. The maximum Gasteiger partial charge on any atom is 0.351 e. The molecule has 0 amide bonds. The minimum Gasteiger partial charge on any atom is -0.477 e. The first kappa shape index (κ1) is 21.5. The van der Waals surface area contributed by atoms with Gasteiger partial charge in [0.1, 0.15) is 12.3 Å². The van der Waals surface area contributed by atoms with Gasteiger partial charge in [-0.05, 0) is 27.4 Å². The summed E-state index contributed by atoms with van der Waals surface area (Å²) in [6, 6.07) is 0. The number of hydrogen-bond donors (Lipinski definition) is 2. The monoisotopic (exact) mass is 300 g/mol. The van der Waals surface area contributed by atoms with Crippen LogP contribution in [0.4, 0.5) is 0 Å². The van der Waals surface area contributed by atoms with Gasteiger partial charge in [-0.2, -0.15) is 0 Å². The van der Waals surface area contributed by atoms with E-state index in [4.69, 9.17) is 9.84 Å². The first-order valence-electron chi connectivity index (χ1n) is 6.85. The molecule has 0 rings (SSSR count). The standard InChI is InChI=1S/C8H15NO2.C7H13NO2/c1-7(2)8(10)11-6-5-9(3)4;1-3-4-5-8-6(2)7(9)10/h1,5-6H2,2-4H3;8H,2-5H2,1H3,(H,9,10). The van der Waals surface area contributed by atoms with Crippen molar-refractivity contribution < 1.29 is 19.4 Å². The number of carbonyl (C=O) groups is 2. The average Bonchev–Trinajstić information content (AvgIpc) is 2.38. The van der Waals surface area contributed by atoms with Crippen LogP contribution < -0.4 is 5.32 Å². The fraction of sp³-hybridized carbons (Fsp3) is 0.600. The predicted octanol–water partition coefficient (Wildman–Crippen LogP) is 1.64. The molecular weight excluding hydrogens is 272 g/mol. The largest absolute Gasteiger partial charge is 0.477 e. The Morgan fingerprint density at radius 2 is 1.86 bits per heavy atom. The van der Waals surface area contributed by atoms with Gasteiger partial charge in [0, 0.05) is 18.7 Å². The average molecular weight is 300 g/mol. The molecular formula is C15H28N2O4. The zero-order chi connectivity index (χ0) is 16.8. The van der Waals surface area contributed by atoms with E-state index in [-0.39, 0.29) is 11.7 Å². The lowest BCUT2D eigenvalue weighted by Gasteiger charge is -2.09. The number of esters is 1. The molecule has 0 radical (unpaired) electrons. The molecule has 0 heterocycles. The van der Waals surface area contributed by atoms with Crippen molar-refractivity contribution in [3.63, 3.8) is 0 Å². The normalized spacial score (nSPS) is 9.38. The van der Waals surface area contributed by atoms with Gasteiger partial charge >= 0.3 is 11.9 Å². The van der Waals surface area contributed by atoms with Gasteiger partial charge in [0.25, 0.3) is 0 Å². The van der Waals surface area contributed by atoms with Gasteiger partial charge in [-0.1, -0.05) is 26.5 Å². The third kappa shape index (κ3) is 16.1. The Balaban J connectivity index is 0. The van der Waals surface area contributed by atoms with Gasteiger partial charge < -0.3 is 20.1 Å². The SMILES string of the molecule is C=C(C)C(=O)OCCN(C)C.C=C(NCCCC)C(=O)O. The zero-order valence-electron chi connectivity index (χ0n) is 13.6. The Bertz CT molecular complexity index is 352. The Hall–Kier alpha value is -1.82. The molecule has 0 fully saturated rings. The quantitative estimate of drug-likeness (QED) is 0.383. The van der Waals surface area contributed by atoms with Crippen LogP contribution in [-0.2, 0) is 14.3 Å². The number of nitrogens with one attached hydrogen (secondary N) is 1. The Morgan fingerprint density at radius 3 is 2.24 bits per heavy atom. The Kier molecular flexibility index (Phi) is 13.5. The smallest absolute Gasteiger partial charge is 0.351 e.